The van der Waals surface area contributed by atoms with E-state index in [0.29, 0.717) is 17.8 Å². The zero-order chi connectivity index (χ0) is 21.9. The van der Waals surface area contributed by atoms with Gasteiger partial charge < -0.3 is 20.5 Å². The average molecular weight is 430 g/mol. The van der Waals surface area contributed by atoms with Gasteiger partial charge in [0.05, 0.1) is 12.2 Å². The van der Waals surface area contributed by atoms with E-state index in [9.17, 15) is 9.50 Å². The highest BCUT2D eigenvalue weighted by Gasteiger charge is 2.20. The Hall–Kier alpha value is -2.71. The zero-order valence-corrected chi connectivity index (χ0v) is 18.0. The maximum Gasteiger partial charge on any atom is 0.191 e. The van der Waals surface area contributed by atoms with Crippen molar-refractivity contribution >= 4 is 5.96 Å². The third-order valence-electron chi connectivity index (χ3n) is 5.10. The highest BCUT2D eigenvalue weighted by Crippen LogP contribution is 2.13. The molecular weight excluding hydrogens is 397 g/mol. The van der Waals surface area contributed by atoms with Gasteiger partial charge in [0, 0.05) is 38.4 Å². The number of halogens is 1. The Labute approximate surface area is 183 Å². The number of pyridine rings is 1. The number of benzene rings is 1. The lowest BCUT2D eigenvalue weighted by molar-refractivity contribution is 0.114. The van der Waals surface area contributed by atoms with Crippen molar-refractivity contribution in [3.8, 4) is 5.75 Å². The summed E-state index contributed by atoms with van der Waals surface area (Å²) in [6.07, 6.45) is 3.13. The molecule has 168 valence electrons. The number of aliphatic imine (C=N–C) groups is 1. The molecule has 3 rings (SSSR count). The number of hydrogen-bond donors (Lipinski definition) is 3. The molecule has 1 unspecified atom stereocenters. The molecule has 31 heavy (non-hydrogen) atoms. The van der Waals surface area contributed by atoms with Crippen molar-refractivity contribution in [1.82, 2.24) is 20.5 Å². The van der Waals surface area contributed by atoms with Crippen LogP contribution < -0.4 is 15.4 Å². The molecule has 7 nitrogen and oxygen atoms in total. The SMILES string of the molecule is CCNC(=NCC(O)COc1ccc(F)cc1)NC1CCN(Cc2ccccn2)CC1. The van der Waals surface area contributed by atoms with Crippen LogP contribution in [0.3, 0.4) is 0 Å². The summed E-state index contributed by atoms with van der Waals surface area (Å²) >= 11 is 0. The summed E-state index contributed by atoms with van der Waals surface area (Å²) in [4.78, 5) is 11.3. The minimum Gasteiger partial charge on any atom is -0.491 e. The fourth-order valence-corrected chi connectivity index (χ4v) is 3.44. The molecule has 0 amide bonds. The molecule has 2 heterocycles. The monoisotopic (exact) mass is 429 g/mol. The number of aliphatic hydroxyl groups excluding tert-OH is 1. The number of likely N-dealkylation sites (tertiary alicyclic amines) is 1. The van der Waals surface area contributed by atoms with Crippen molar-refractivity contribution < 1.29 is 14.2 Å². The number of rotatable bonds is 9. The van der Waals surface area contributed by atoms with E-state index >= 15 is 0 Å². The second kappa shape index (κ2) is 12.2. The molecule has 0 aliphatic carbocycles. The average Bonchev–Trinajstić information content (AvgIpc) is 2.79. The molecule has 2 aromatic rings. The van der Waals surface area contributed by atoms with Crippen molar-refractivity contribution in [3.63, 3.8) is 0 Å². The number of nitrogens with zero attached hydrogens (tertiary/aromatic N) is 3. The molecule has 3 N–H and O–H groups in total. The molecular formula is C23H32FN5O2. The van der Waals surface area contributed by atoms with E-state index in [-0.39, 0.29) is 19.0 Å². The van der Waals surface area contributed by atoms with Crippen LogP contribution in [0.4, 0.5) is 4.39 Å². The first-order valence-corrected chi connectivity index (χ1v) is 10.9. The van der Waals surface area contributed by atoms with Crippen LogP contribution >= 0.6 is 0 Å². The Morgan fingerprint density at radius 3 is 2.71 bits per heavy atom. The van der Waals surface area contributed by atoms with E-state index in [1.165, 1.54) is 24.3 Å². The van der Waals surface area contributed by atoms with Crippen LogP contribution in [0.2, 0.25) is 0 Å². The van der Waals surface area contributed by atoms with Gasteiger partial charge in [-0.05, 0) is 56.2 Å². The third kappa shape index (κ3) is 8.15. The van der Waals surface area contributed by atoms with Gasteiger partial charge in [-0.2, -0.15) is 0 Å². The Morgan fingerprint density at radius 1 is 1.26 bits per heavy atom. The lowest BCUT2D eigenvalue weighted by atomic mass is 10.0. The van der Waals surface area contributed by atoms with Crippen LogP contribution in [-0.2, 0) is 6.54 Å². The number of nitrogens with one attached hydrogen (secondary N) is 2. The second-order valence-corrected chi connectivity index (χ2v) is 7.65. The predicted octanol–water partition coefficient (Wildman–Crippen LogP) is 2.18. The molecule has 1 atom stereocenters. The summed E-state index contributed by atoms with van der Waals surface area (Å²) in [5.41, 5.74) is 1.10. The van der Waals surface area contributed by atoms with E-state index in [0.717, 1.165) is 44.7 Å². The van der Waals surface area contributed by atoms with Crippen LogP contribution in [0.15, 0.2) is 53.7 Å². The number of ether oxygens (including phenoxy) is 1. The van der Waals surface area contributed by atoms with E-state index in [1.54, 1.807) is 0 Å². The Balaban J connectivity index is 1.41. The molecule has 1 fully saturated rings. The van der Waals surface area contributed by atoms with Gasteiger partial charge in [-0.3, -0.25) is 14.9 Å². The van der Waals surface area contributed by atoms with Crippen LogP contribution in [0.1, 0.15) is 25.5 Å². The van der Waals surface area contributed by atoms with Gasteiger partial charge in [0.15, 0.2) is 5.96 Å². The van der Waals surface area contributed by atoms with Gasteiger partial charge in [-0.15, -0.1) is 0 Å². The Kier molecular flexibility index (Phi) is 9.05. The highest BCUT2D eigenvalue weighted by atomic mass is 19.1. The molecule has 1 aliphatic rings. The van der Waals surface area contributed by atoms with Gasteiger partial charge in [0.2, 0.25) is 0 Å². The van der Waals surface area contributed by atoms with Crippen molar-refractivity contribution in [2.45, 2.75) is 38.5 Å². The van der Waals surface area contributed by atoms with Crippen LogP contribution in [-0.4, -0.2) is 65.9 Å². The van der Waals surface area contributed by atoms with Crippen molar-refractivity contribution in [2.75, 3.05) is 32.8 Å². The molecule has 1 saturated heterocycles. The van der Waals surface area contributed by atoms with E-state index < -0.39 is 6.10 Å². The second-order valence-electron chi connectivity index (χ2n) is 7.65. The van der Waals surface area contributed by atoms with Gasteiger partial charge in [-0.25, -0.2) is 4.39 Å². The van der Waals surface area contributed by atoms with E-state index in [2.05, 4.69) is 31.6 Å². The molecule has 1 aromatic heterocycles. The van der Waals surface area contributed by atoms with E-state index in [4.69, 9.17) is 4.74 Å². The lowest BCUT2D eigenvalue weighted by Gasteiger charge is -2.32. The van der Waals surface area contributed by atoms with Crippen LogP contribution in [0, 0.1) is 5.82 Å². The summed E-state index contributed by atoms with van der Waals surface area (Å²) in [5.74, 6) is 0.903. The number of hydrogen-bond acceptors (Lipinski definition) is 5. The molecule has 8 heteroatoms. The van der Waals surface area contributed by atoms with Gasteiger partial charge in [0.25, 0.3) is 0 Å². The Bertz CT molecular complexity index is 795. The fourth-order valence-electron chi connectivity index (χ4n) is 3.44. The molecule has 1 aromatic carbocycles. The predicted molar refractivity (Wildman–Crippen MR) is 120 cm³/mol. The molecule has 0 saturated carbocycles. The van der Waals surface area contributed by atoms with Gasteiger partial charge >= 0.3 is 0 Å². The number of aromatic nitrogens is 1. The van der Waals surface area contributed by atoms with Crippen molar-refractivity contribution in [2.24, 2.45) is 4.99 Å². The summed E-state index contributed by atoms with van der Waals surface area (Å²) in [5, 5.41) is 16.9. The first-order valence-electron chi connectivity index (χ1n) is 10.9. The topological polar surface area (TPSA) is 82.0 Å². The maximum atomic E-state index is 12.9. The van der Waals surface area contributed by atoms with Crippen LogP contribution in [0.5, 0.6) is 5.75 Å². The number of guanidine groups is 1. The molecule has 1 aliphatic heterocycles. The molecule has 0 spiro atoms. The number of aliphatic hydroxyl groups is 1. The first kappa shape index (κ1) is 23.0. The molecule has 0 bridgehead atoms. The van der Waals surface area contributed by atoms with Gasteiger partial charge in [0.1, 0.15) is 24.3 Å². The van der Waals surface area contributed by atoms with Crippen molar-refractivity contribution in [3.05, 3.63) is 60.2 Å². The largest absolute Gasteiger partial charge is 0.491 e. The third-order valence-corrected chi connectivity index (χ3v) is 5.10. The standard InChI is InChI=1S/C23H32FN5O2/c1-2-25-23(27-15-21(30)17-31-22-8-6-18(24)7-9-22)28-19-10-13-29(14-11-19)16-20-5-3-4-12-26-20/h3-9,12,19,21,30H,2,10-11,13-17H2,1H3,(H2,25,27,28). The van der Waals surface area contributed by atoms with Gasteiger partial charge in [-0.1, -0.05) is 6.07 Å². The molecule has 0 radical (unpaired) electrons. The lowest BCUT2D eigenvalue weighted by Crippen LogP contribution is -2.48. The van der Waals surface area contributed by atoms with Crippen LogP contribution in [0.25, 0.3) is 0 Å². The summed E-state index contributed by atoms with van der Waals surface area (Å²) in [7, 11) is 0. The van der Waals surface area contributed by atoms with Crippen molar-refractivity contribution in [1.29, 1.82) is 0 Å². The summed E-state index contributed by atoms with van der Waals surface area (Å²) in [6, 6.07) is 12.1. The minimum atomic E-state index is -0.749. The fraction of sp³-hybridized carbons (Fsp3) is 0.478. The highest BCUT2D eigenvalue weighted by molar-refractivity contribution is 5.80. The first-order chi connectivity index (χ1) is 15.1. The normalized spacial score (nSPS) is 16.7. The summed E-state index contributed by atoms with van der Waals surface area (Å²) < 4.78 is 18.4. The Morgan fingerprint density at radius 2 is 2.03 bits per heavy atom. The minimum absolute atomic E-state index is 0.0977. The zero-order valence-electron chi connectivity index (χ0n) is 18.0. The smallest absolute Gasteiger partial charge is 0.191 e. The number of piperidine rings is 1. The summed E-state index contributed by atoms with van der Waals surface area (Å²) in [6.45, 7) is 5.95. The van der Waals surface area contributed by atoms with E-state index in [1.807, 2.05) is 25.3 Å². The quantitative estimate of drug-likeness (QED) is 0.419. The maximum absolute atomic E-state index is 12.9.